The molecular weight excluding hydrogens is 206 g/mol. The molecule has 2 rings (SSSR count). The predicted octanol–water partition coefficient (Wildman–Crippen LogP) is 0.925. The average Bonchev–Trinajstić information content (AvgIpc) is 2.27. The number of carbonyl (C=O) groups is 1. The van der Waals surface area contributed by atoms with Gasteiger partial charge in [-0.15, -0.1) is 0 Å². The SMILES string of the molecule is COc1cc2nccc(N)c2cc1C(N)=O. The van der Waals surface area contributed by atoms with Crippen LogP contribution in [0.5, 0.6) is 5.75 Å². The van der Waals surface area contributed by atoms with Gasteiger partial charge < -0.3 is 16.2 Å². The van der Waals surface area contributed by atoms with Crippen LogP contribution in [0, 0.1) is 0 Å². The quantitative estimate of drug-likeness (QED) is 0.782. The highest BCUT2D eigenvalue weighted by molar-refractivity contribution is 6.02. The lowest BCUT2D eigenvalue weighted by Crippen LogP contribution is -2.12. The number of anilines is 1. The molecule has 0 saturated carbocycles. The first-order valence-corrected chi connectivity index (χ1v) is 4.65. The van der Waals surface area contributed by atoms with E-state index < -0.39 is 5.91 Å². The number of hydrogen-bond donors (Lipinski definition) is 2. The summed E-state index contributed by atoms with van der Waals surface area (Å²) >= 11 is 0. The lowest BCUT2D eigenvalue weighted by molar-refractivity contribution is 0.0997. The Hall–Kier alpha value is -2.30. The van der Waals surface area contributed by atoms with Gasteiger partial charge in [-0.3, -0.25) is 9.78 Å². The molecule has 1 aromatic carbocycles. The summed E-state index contributed by atoms with van der Waals surface area (Å²) < 4.78 is 5.07. The van der Waals surface area contributed by atoms with E-state index in [-0.39, 0.29) is 0 Å². The molecule has 82 valence electrons. The summed E-state index contributed by atoms with van der Waals surface area (Å²) in [5.41, 5.74) is 12.6. The molecule has 0 atom stereocenters. The van der Waals surface area contributed by atoms with Gasteiger partial charge in [-0.2, -0.15) is 0 Å². The first-order valence-electron chi connectivity index (χ1n) is 4.65. The summed E-state index contributed by atoms with van der Waals surface area (Å²) in [6.07, 6.45) is 1.60. The number of pyridine rings is 1. The number of hydrogen-bond acceptors (Lipinski definition) is 4. The normalized spacial score (nSPS) is 10.3. The van der Waals surface area contributed by atoms with E-state index in [1.807, 2.05) is 0 Å². The highest BCUT2D eigenvalue weighted by atomic mass is 16.5. The van der Waals surface area contributed by atoms with Crippen LogP contribution in [0.1, 0.15) is 10.4 Å². The first-order chi connectivity index (χ1) is 7.63. The van der Waals surface area contributed by atoms with Crippen LogP contribution in [0.15, 0.2) is 24.4 Å². The first kappa shape index (κ1) is 10.2. The molecule has 1 heterocycles. The number of benzene rings is 1. The molecule has 0 aliphatic heterocycles. The Labute approximate surface area is 92.0 Å². The van der Waals surface area contributed by atoms with Gasteiger partial charge in [0, 0.05) is 23.3 Å². The molecule has 1 amide bonds. The van der Waals surface area contributed by atoms with Crippen LogP contribution in [0.3, 0.4) is 0 Å². The Morgan fingerprint density at radius 3 is 2.81 bits per heavy atom. The van der Waals surface area contributed by atoms with E-state index in [0.29, 0.717) is 27.9 Å². The fourth-order valence-corrected chi connectivity index (χ4v) is 1.56. The molecule has 4 N–H and O–H groups in total. The number of nitrogens with zero attached hydrogens (tertiary/aromatic N) is 1. The Kier molecular flexibility index (Phi) is 2.36. The van der Waals surface area contributed by atoms with Gasteiger partial charge in [-0.25, -0.2) is 0 Å². The minimum absolute atomic E-state index is 0.301. The molecule has 0 aliphatic carbocycles. The fraction of sp³-hybridized carbons (Fsp3) is 0.0909. The Morgan fingerprint density at radius 1 is 1.44 bits per heavy atom. The molecule has 1 aromatic heterocycles. The second-order valence-corrected chi connectivity index (χ2v) is 3.33. The lowest BCUT2D eigenvalue weighted by Gasteiger charge is -2.08. The number of methoxy groups -OCH3 is 1. The zero-order valence-electron chi connectivity index (χ0n) is 8.73. The van der Waals surface area contributed by atoms with Crippen LogP contribution >= 0.6 is 0 Å². The average molecular weight is 217 g/mol. The van der Waals surface area contributed by atoms with Crippen LogP contribution in [0.2, 0.25) is 0 Å². The number of aromatic nitrogens is 1. The van der Waals surface area contributed by atoms with Crippen molar-refractivity contribution >= 4 is 22.5 Å². The minimum atomic E-state index is -0.554. The third kappa shape index (κ3) is 1.52. The van der Waals surface area contributed by atoms with Crippen LogP contribution in [-0.4, -0.2) is 18.0 Å². The highest BCUT2D eigenvalue weighted by Gasteiger charge is 2.12. The summed E-state index contributed by atoms with van der Waals surface area (Å²) in [6, 6.07) is 4.91. The monoisotopic (exact) mass is 217 g/mol. The Morgan fingerprint density at radius 2 is 2.19 bits per heavy atom. The molecule has 0 aliphatic rings. The molecule has 0 spiro atoms. The molecule has 0 bridgehead atoms. The molecule has 0 fully saturated rings. The van der Waals surface area contributed by atoms with Gasteiger partial charge in [0.25, 0.3) is 5.91 Å². The maximum absolute atomic E-state index is 11.2. The zero-order chi connectivity index (χ0) is 11.7. The van der Waals surface area contributed by atoms with E-state index in [1.54, 1.807) is 24.4 Å². The van der Waals surface area contributed by atoms with Crippen molar-refractivity contribution < 1.29 is 9.53 Å². The van der Waals surface area contributed by atoms with E-state index in [0.717, 1.165) is 0 Å². The van der Waals surface area contributed by atoms with Crippen LogP contribution in [-0.2, 0) is 0 Å². The number of primary amides is 1. The molecule has 0 radical (unpaired) electrons. The maximum Gasteiger partial charge on any atom is 0.252 e. The van der Waals surface area contributed by atoms with Crippen LogP contribution in [0.4, 0.5) is 5.69 Å². The van der Waals surface area contributed by atoms with E-state index >= 15 is 0 Å². The molecule has 5 nitrogen and oxygen atoms in total. The van der Waals surface area contributed by atoms with Gasteiger partial charge in [0.1, 0.15) is 5.75 Å². The van der Waals surface area contributed by atoms with Crippen molar-refractivity contribution in [1.82, 2.24) is 4.98 Å². The van der Waals surface area contributed by atoms with Crippen LogP contribution in [0.25, 0.3) is 10.9 Å². The van der Waals surface area contributed by atoms with Crippen molar-refractivity contribution in [2.45, 2.75) is 0 Å². The molecule has 5 heteroatoms. The third-order valence-corrected chi connectivity index (χ3v) is 2.36. The van der Waals surface area contributed by atoms with Crippen molar-refractivity contribution in [2.75, 3.05) is 12.8 Å². The number of amides is 1. The van der Waals surface area contributed by atoms with Crippen LogP contribution < -0.4 is 16.2 Å². The summed E-state index contributed by atoms with van der Waals surface area (Å²) in [6.45, 7) is 0. The van der Waals surface area contributed by atoms with Crippen molar-refractivity contribution in [2.24, 2.45) is 5.73 Å². The number of nitrogens with two attached hydrogens (primary N) is 2. The lowest BCUT2D eigenvalue weighted by atomic mass is 10.1. The Bertz CT molecular complexity index is 566. The van der Waals surface area contributed by atoms with Crippen molar-refractivity contribution in [3.8, 4) is 5.75 Å². The topological polar surface area (TPSA) is 91.2 Å². The molecule has 0 unspecified atom stereocenters. The third-order valence-electron chi connectivity index (χ3n) is 2.36. The molecule has 2 aromatic rings. The molecule has 16 heavy (non-hydrogen) atoms. The highest BCUT2D eigenvalue weighted by Crippen LogP contribution is 2.27. The summed E-state index contributed by atoms with van der Waals surface area (Å²) in [4.78, 5) is 15.4. The summed E-state index contributed by atoms with van der Waals surface area (Å²) in [5.74, 6) is -0.153. The van der Waals surface area contributed by atoms with Gasteiger partial charge in [0.05, 0.1) is 18.2 Å². The van der Waals surface area contributed by atoms with Crippen molar-refractivity contribution in [3.05, 3.63) is 30.0 Å². The van der Waals surface area contributed by atoms with Crippen molar-refractivity contribution in [1.29, 1.82) is 0 Å². The summed E-state index contributed by atoms with van der Waals surface area (Å²) in [5, 5.41) is 0.692. The standard InChI is InChI=1S/C11H11N3O2/c1-16-10-5-9-6(4-7(10)11(13)15)8(12)2-3-14-9/h2-5H,1H3,(H2,12,14)(H2,13,15). The van der Waals surface area contributed by atoms with Gasteiger partial charge >= 0.3 is 0 Å². The number of rotatable bonds is 2. The molecular formula is C11H11N3O2. The largest absolute Gasteiger partial charge is 0.496 e. The smallest absolute Gasteiger partial charge is 0.252 e. The minimum Gasteiger partial charge on any atom is -0.496 e. The van der Waals surface area contributed by atoms with E-state index in [9.17, 15) is 4.79 Å². The van der Waals surface area contributed by atoms with Gasteiger partial charge in [0.15, 0.2) is 0 Å². The maximum atomic E-state index is 11.2. The summed E-state index contributed by atoms with van der Waals surface area (Å²) in [7, 11) is 1.47. The van der Waals surface area contributed by atoms with E-state index in [2.05, 4.69) is 4.98 Å². The van der Waals surface area contributed by atoms with Gasteiger partial charge in [-0.1, -0.05) is 0 Å². The number of ether oxygens (including phenoxy) is 1. The fourth-order valence-electron chi connectivity index (χ4n) is 1.56. The number of fused-ring (bicyclic) bond motifs is 1. The number of nitrogen functional groups attached to an aromatic ring is 1. The van der Waals surface area contributed by atoms with Gasteiger partial charge in [-0.05, 0) is 12.1 Å². The van der Waals surface area contributed by atoms with E-state index in [1.165, 1.54) is 7.11 Å². The second kappa shape index (κ2) is 3.69. The second-order valence-electron chi connectivity index (χ2n) is 3.33. The number of carbonyl (C=O) groups excluding carboxylic acids is 1. The van der Waals surface area contributed by atoms with E-state index in [4.69, 9.17) is 16.2 Å². The Balaban J connectivity index is 2.81. The van der Waals surface area contributed by atoms with Gasteiger partial charge in [0.2, 0.25) is 0 Å². The predicted molar refractivity (Wildman–Crippen MR) is 61.2 cm³/mol. The zero-order valence-corrected chi connectivity index (χ0v) is 8.73. The van der Waals surface area contributed by atoms with Crippen molar-refractivity contribution in [3.63, 3.8) is 0 Å². The molecule has 0 saturated heterocycles.